The van der Waals surface area contributed by atoms with Gasteiger partial charge in [0.25, 0.3) is 0 Å². The molecule has 0 saturated carbocycles. The first-order valence-electron chi connectivity index (χ1n) is 8.80. The number of aliphatic hydroxyl groups excluding tert-OH is 4. The Kier molecular flexibility index (Phi) is 10.6. The third kappa shape index (κ3) is 8.62. The topological polar surface area (TPSA) is 234 Å². The summed E-state index contributed by atoms with van der Waals surface area (Å²) >= 11 is 0. The monoisotopic (exact) mass is 431 g/mol. The number of aromatic nitrogens is 2. The molecule has 9 N–H and O–H groups in total. The lowest BCUT2D eigenvalue weighted by Crippen LogP contribution is -2.49. The minimum absolute atomic E-state index is 0.0299. The molecule has 14 nitrogen and oxygen atoms in total. The van der Waals surface area contributed by atoms with Crippen LogP contribution in [0.3, 0.4) is 0 Å². The van der Waals surface area contributed by atoms with Gasteiger partial charge in [-0.1, -0.05) is 0 Å². The van der Waals surface area contributed by atoms with E-state index in [0.29, 0.717) is 5.69 Å². The molecule has 0 fully saturated rings. The average Bonchev–Trinajstić information content (AvgIpc) is 3.22. The molecule has 4 atom stereocenters. The minimum Gasteiger partial charge on any atom is -0.480 e. The number of aliphatic hydroxyl groups is 4. The molecule has 0 radical (unpaired) electrons. The Morgan fingerprint density at radius 2 is 1.77 bits per heavy atom. The number of Topliss-reactive ketones (excluding diaryl/α,β-unsaturated/α-hetero) is 1. The second-order valence-corrected chi connectivity index (χ2v) is 6.27. The third-order valence-corrected chi connectivity index (χ3v) is 3.88. The number of carboxylic acids is 1. The van der Waals surface area contributed by atoms with Crippen molar-refractivity contribution in [2.75, 3.05) is 26.2 Å². The molecule has 0 bridgehead atoms. The number of imidazole rings is 1. The average molecular weight is 431 g/mol. The number of hydrogen-bond donors (Lipinski definition) is 9. The van der Waals surface area contributed by atoms with Crippen LogP contribution in [0, 0.1) is 0 Å². The molecule has 30 heavy (non-hydrogen) atoms. The van der Waals surface area contributed by atoms with E-state index in [1.54, 1.807) is 0 Å². The number of nitrogens with one attached hydrogen (secondary N) is 4. The second kappa shape index (κ2) is 12.6. The Morgan fingerprint density at radius 1 is 1.07 bits per heavy atom. The van der Waals surface area contributed by atoms with Crippen molar-refractivity contribution < 1.29 is 44.7 Å². The maximum atomic E-state index is 11.8. The SMILES string of the molecule is O=C(CNCC(=O)[C@@H](O)[C@H](O)[C@H](O)CO)NCC(=O)N[C@@H](Cc1cnc[nH]1)C(=O)O. The molecule has 0 aromatic carbocycles. The predicted octanol–water partition coefficient (Wildman–Crippen LogP) is -5.13. The van der Waals surface area contributed by atoms with Gasteiger partial charge in [-0.05, 0) is 0 Å². The van der Waals surface area contributed by atoms with Crippen LogP contribution in [-0.4, -0.2) is 110 Å². The molecule has 1 aromatic rings. The second-order valence-electron chi connectivity index (χ2n) is 6.27. The highest BCUT2D eigenvalue weighted by Crippen LogP contribution is 2.01. The van der Waals surface area contributed by atoms with Crippen molar-refractivity contribution >= 4 is 23.6 Å². The van der Waals surface area contributed by atoms with E-state index in [4.69, 9.17) is 10.2 Å². The summed E-state index contributed by atoms with van der Waals surface area (Å²) in [5, 5.41) is 52.8. The smallest absolute Gasteiger partial charge is 0.326 e. The van der Waals surface area contributed by atoms with Crippen molar-refractivity contribution in [1.82, 2.24) is 25.9 Å². The summed E-state index contributed by atoms with van der Waals surface area (Å²) in [6, 6.07) is -1.23. The van der Waals surface area contributed by atoms with Gasteiger partial charge in [-0.25, -0.2) is 9.78 Å². The number of H-pyrrole nitrogens is 1. The summed E-state index contributed by atoms with van der Waals surface area (Å²) in [5.41, 5.74) is 0.499. The highest BCUT2D eigenvalue weighted by atomic mass is 16.4. The van der Waals surface area contributed by atoms with Gasteiger partial charge < -0.3 is 46.5 Å². The van der Waals surface area contributed by atoms with Crippen molar-refractivity contribution in [3.8, 4) is 0 Å². The number of rotatable bonds is 14. The molecular weight excluding hydrogens is 406 g/mol. The fourth-order valence-corrected chi connectivity index (χ4v) is 2.22. The Labute approximate surface area is 170 Å². The van der Waals surface area contributed by atoms with Crippen LogP contribution in [-0.2, 0) is 25.6 Å². The van der Waals surface area contributed by atoms with Gasteiger partial charge in [-0.2, -0.15) is 0 Å². The zero-order chi connectivity index (χ0) is 22.7. The number of aromatic amines is 1. The maximum Gasteiger partial charge on any atom is 0.326 e. The quantitative estimate of drug-likeness (QED) is 0.135. The van der Waals surface area contributed by atoms with E-state index >= 15 is 0 Å². The van der Waals surface area contributed by atoms with E-state index in [9.17, 15) is 34.5 Å². The normalized spacial score (nSPS) is 14.9. The highest BCUT2D eigenvalue weighted by Gasteiger charge is 2.29. The molecule has 168 valence electrons. The van der Waals surface area contributed by atoms with Crippen molar-refractivity contribution in [1.29, 1.82) is 0 Å². The zero-order valence-corrected chi connectivity index (χ0v) is 15.8. The molecule has 0 aliphatic carbocycles. The molecule has 0 aliphatic heterocycles. The van der Waals surface area contributed by atoms with Crippen molar-refractivity contribution in [2.45, 2.75) is 30.8 Å². The first kappa shape index (κ1) is 25.1. The molecule has 0 saturated heterocycles. The van der Waals surface area contributed by atoms with Crippen molar-refractivity contribution in [3.05, 3.63) is 18.2 Å². The van der Waals surface area contributed by atoms with Gasteiger partial charge in [0.15, 0.2) is 5.78 Å². The van der Waals surface area contributed by atoms with Gasteiger partial charge in [0.05, 0.1) is 32.6 Å². The first-order valence-corrected chi connectivity index (χ1v) is 8.80. The van der Waals surface area contributed by atoms with Crippen LogP contribution in [0.4, 0.5) is 0 Å². The lowest BCUT2D eigenvalue weighted by molar-refractivity contribution is -0.141. The highest BCUT2D eigenvalue weighted by molar-refractivity contribution is 5.89. The van der Waals surface area contributed by atoms with Gasteiger partial charge in [0.2, 0.25) is 11.8 Å². The minimum atomic E-state index is -1.96. The zero-order valence-electron chi connectivity index (χ0n) is 15.8. The standard InChI is InChI=1S/C16H25N5O9/c22-6-11(24)15(28)14(27)10(23)3-17-4-12(25)19-5-13(26)21-9(16(29)30)1-8-2-18-7-20-8/h2,7,9,11,14-15,17,22,24,27-28H,1,3-6H2,(H,18,20)(H,19,25)(H,21,26)(H,29,30)/t9-,11+,14+,15+/m0/s1. The van der Waals surface area contributed by atoms with Crippen LogP contribution in [0.1, 0.15) is 5.69 Å². The number of nitrogens with zero attached hydrogens (tertiary/aromatic N) is 1. The third-order valence-electron chi connectivity index (χ3n) is 3.88. The summed E-state index contributed by atoms with van der Waals surface area (Å²) in [4.78, 5) is 52.8. The fraction of sp³-hybridized carbons (Fsp3) is 0.562. The van der Waals surface area contributed by atoms with E-state index in [2.05, 4.69) is 25.9 Å². The summed E-state index contributed by atoms with van der Waals surface area (Å²) in [6.45, 7) is -2.30. The molecule has 2 amide bonds. The summed E-state index contributed by atoms with van der Waals surface area (Å²) in [5.74, 6) is -3.63. The number of aliphatic carboxylic acids is 1. The van der Waals surface area contributed by atoms with Crippen LogP contribution < -0.4 is 16.0 Å². The summed E-state index contributed by atoms with van der Waals surface area (Å²) in [6.07, 6.45) is -2.80. The Morgan fingerprint density at radius 3 is 2.33 bits per heavy atom. The van der Waals surface area contributed by atoms with Gasteiger partial charge in [0, 0.05) is 18.3 Å². The summed E-state index contributed by atoms with van der Waals surface area (Å²) < 4.78 is 0. The van der Waals surface area contributed by atoms with E-state index < -0.39 is 74.2 Å². The Hall–Kier alpha value is -2.91. The molecular formula is C16H25N5O9. The number of carbonyl (C=O) groups excluding carboxylic acids is 3. The predicted molar refractivity (Wildman–Crippen MR) is 97.9 cm³/mol. The van der Waals surface area contributed by atoms with E-state index in [0.717, 1.165) is 0 Å². The van der Waals surface area contributed by atoms with Crippen molar-refractivity contribution in [2.24, 2.45) is 0 Å². The molecule has 14 heteroatoms. The molecule has 0 unspecified atom stereocenters. The molecule has 0 aliphatic rings. The number of carboxylic acid groups (broad SMARTS) is 1. The molecule has 1 rings (SSSR count). The number of ketones is 1. The largest absolute Gasteiger partial charge is 0.480 e. The lowest BCUT2D eigenvalue weighted by Gasteiger charge is -2.20. The lowest BCUT2D eigenvalue weighted by atomic mass is 10.0. The summed E-state index contributed by atoms with van der Waals surface area (Å²) in [7, 11) is 0. The first-order chi connectivity index (χ1) is 14.1. The molecule has 1 heterocycles. The molecule has 1 aromatic heterocycles. The van der Waals surface area contributed by atoms with Crippen molar-refractivity contribution in [3.63, 3.8) is 0 Å². The van der Waals surface area contributed by atoms with Gasteiger partial charge in [-0.15, -0.1) is 0 Å². The number of carbonyl (C=O) groups is 4. The van der Waals surface area contributed by atoms with Gasteiger partial charge in [0.1, 0.15) is 24.4 Å². The Balaban J connectivity index is 2.32. The van der Waals surface area contributed by atoms with E-state index in [1.165, 1.54) is 12.5 Å². The fourth-order valence-electron chi connectivity index (χ4n) is 2.22. The van der Waals surface area contributed by atoms with Crippen LogP contribution in [0.25, 0.3) is 0 Å². The van der Waals surface area contributed by atoms with Crippen LogP contribution >= 0.6 is 0 Å². The number of hydrogen-bond acceptors (Lipinski definition) is 10. The Bertz CT molecular complexity index is 712. The molecule has 0 spiro atoms. The number of amides is 2. The maximum absolute atomic E-state index is 11.8. The van der Waals surface area contributed by atoms with E-state index in [-0.39, 0.29) is 6.42 Å². The van der Waals surface area contributed by atoms with Gasteiger partial charge in [-0.3, -0.25) is 14.4 Å². The van der Waals surface area contributed by atoms with Crippen LogP contribution in [0.5, 0.6) is 0 Å². The van der Waals surface area contributed by atoms with Gasteiger partial charge >= 0.3 is 5.97 Å². The van der Waals surface area contributed by atoms with Crippen LogP contribution in [0.2, 0.25) is 0 Å². The van der Waals surface area contributed by atoms with E-state index in [1.807, 2.05) is 0 Å². The van der Waals surface area contributed by atoms with Crippen LogP contribution in [0.15, 0.2) is 12.5 Å².